The van der Waals surface area contributed by atoms with Gasteiger partial charge in [-0.15, -0.1) is 0 Å². The molecular weight excluding hydrogens is 311 g/mol. The summed E-state index contributed by atoms with van der Waals surface area (Å²) >= 11 is 0. The van der Waals surface area contributed by atoms with Crippen LogP contribution < -0.4 is 11.1 Å². The molecule has 1 aromatic heterocycles. The molecular formula is C18H17FN2O3. The second kappa shape index (κ2) is 6.70. The summed E-state index contributed by atoms with van der Waals surface area (Å²) in [5.74, 6) is -1.19. The highest BCUT2D eigenvalue weighted by Gasteiger charge is 2.10. The fraction of sp³-hybridized carbons (Fsp3) is 0.222. The molecule has 0 aliphatic heterocycles. The third-order valence-electron chi connectivity index (χ3n) is 3.76. The van der Waals surface area contributed by atoms with Crippen molar-refractivity contribution in [1.29, 1.82) is 0 Å². The maximum Gasteiger partial charge on any atom is 0.419 e. The molecule has 124 valence electrons. The lowest BCUT2D eigenvalue weighted by atomic mass is 10.2. The van der Waals surface area contributed by atoms with Crippen molar-refractivity contribution in [2.45, 2.75) is 26.3 Å². The predicted molar refractivity (Wildman–Crippen MR) is 89.5 cm³/mol. The van der Waals surface area contributed by atoms with Crippen molar-refractivity contribution in [2.24, 2.45) is 0 Å². The molecule has 6 heteroatoms. The van der Waals surface area contributed by atoms with Gasteiger partial charge in [-0.2, -0.15) is 0 Å². The number of nitrogens with one attached hydrogen (secondary N) is 1. The van der Waals surface area contributed by atoms with Crippen molar-refractivity contribution in [1.82, 2.24) is 4.57 Å². The summed E-state index contributed by atoms with van der Waals surface area (Å²) < 4.78 is 20.3. The molecule has 24 heavy (non-hydrogen) atoms. The van der Waals surface area contributed by atoms with Gasteiger partial charge in [0.25, 0.3) is 0 Å². The molecule has 1 N–H and O–H groups in total. The Hall–Kier alpha value is -2.89. The summed E-state index contributed by atoms with van der Waals surface area (Å²) in [6, 6.07) is 11.8. The zero-order valence-electron chi connectivity index (χ0n) is 13.2. The van der Waals surface area contributed by atoms with E-state index in [-0.39, 0.29) is 18.0 Å². The Labute approximate surface area is 137 Å². The Morgan fingerprint density at radius 1 is 1.25 bits per heavy atom. The van der Waals surface area contributed by atoms with Gasteiger partial charge in [0.1, 0.15) is 5.82 Å². The van der Waals surface area contributed by atoms with Crippen LogP contribution in [-0.2, 0) is 11.3 Å². The van der Waals surface area contributed by atoms with Crippen LogP contribution in [0.5, 0.6) is 0 Å². The summed E-state index contributed by atoms with van der Waals surface area (Å²) in [5, 5.41) is 2.54. The summed E-state index contributed by atoms with van der Waals surface area (Å²) in [7, 11) is 0. The van der Waals surface area contributed by atoms with Gasteiger partial charge in [0.2, 0.25) is 5.91 Å². The molecule has 2 aromatic carbocycles. The maximum atomic E-state index is 13.7. The number of oxazole rings is 1. The smallest absolute Gasteiger partial charge is 0.408 e. The molecule has 0 unspecified atom stereocenters. The van der Waals surface area contributed by atoms with Crippen molar-refractivity contribution < 1.29 is 13.6 Å². The number of para-hydroxylation sites is 2. The molecule has 3 rings (SSSR count). The number of hydrogen-bond acceptors (Lipinski definition) is 3. The number of benzene rings is 2. The Bertz CT molecular complexity index is 943. The highest BCUT2D eigenvalue weighted by atomic mass is 19.1. The molecule has 3 aromatic rings. The van der Waals surface area contributed by atoms with E-state index in [1.54, 1.807) is 31.2 Å². The van der Waals surface area contributed by atoms with E-state index in [9.17, 15) is 14.0 Å². The minimum atomic E-state index is -0.458. The number of aromatic nitrogens is 1. The van der Waals surface area contributed by atoms with Crippen molar-refractivity contribution in [3.63, 3.8) is 0 Å². The van der Waals surface area contributed by atoms with E-state index in [0.717, 1.165) is 5.56 Å². The zero-order chi connectivity index (χ0) is 17.1. The van der Waals surface area contributed by atoms with Gasteiger partial charge in [-0.1, -0.05) is 18.2 Å². The van der Waals surface area contributed by atoms with E-state index in [1.807, 2.05) is 6.07 Å². The number of fused-ring (bicyclic) bond motifs is 1. The van der Waals surface area contributed by atoms with Gasteiger partial charge in [-0.3, -0.25) is 9.36 Å². The monoisotopic (exact) mass is 328 g/mol. The van der Waals surface area contributed by atoms with Crippen LogP contribution in [0.25, 0.3) is 11.1 Å². The second-order valence-electron chi connectivity index (χ2n) is 5.62. The van der Waals surface area contributed by atoms with Crippen molar-refractivity contribution >= 4 is 22.7 Å². The van der Waals surface area contributed by atoms with Crippen LogP contribution in [0.15, 0.2) is 51.7 Å². The number of carbonyl (C=O) groups excluding carboxylic acids is 1. The highest BCUT2D eigenvalue weighted by Crippen LogP contribution is 2.16. The number of amides is 1. The molecule has 1 heterocycles. The second-order valence-corrected chi connectivity index (χ2v) is 5.62. The average molecular weight is 328 g/mol. The summed E-state index contributed by atoms with van der Waals surface area (Å²) in [6.07, 6.45) is 0.627. The molecule has 0 atom stereocenters. The van der Waals surface area contributed by atoms with Gasteiger partial charge >= 0.3 is 5.76 Å². The third-order valence-corrected chi connectivity index (χ3v) is 3.76. The normalized spacial score (nSPS) is 10.9. The molecule has 0 aliphatic rings. The third kappa shape index (κ3) is 3.37. The topological polar surface area (TPSA) is 64.2 Å². The van der Waals surface area contributed by atoms with Crippen LogP contribution in [0.2, 0.25) is 0 Å². The molecule has 0 radical (unpaired) electrons. The number of hydrogen-bond donors (Lipinski definition) is 1. The SMILES string of the molecule is Cc1ccc(NC(=O)CCCn2c(=O)oc3ccccc32)c(F)c1. The molecule has 0 bridgehead atoms. The molecule has 0 aliphatic carbocycles. The van der Waals surface area contributed by atoms with Crippen LogP contribution in [0.3, 0.4) is 0 Å². The number of rotatable bonds is 5. The van der Waals surface area contributed by atoms with E-state index >= 15 is 0 Å². The molecule has 0 saturated heterocycles. The van der Waals surface area contributed by atoms with Crippen LogP contribution in [-0.4, -0.2) is 10.5 Å². The first-order chi connectivity index (χ1) is 11.5. The molecule has 0 spiro atoms. The lowest BCUT2D eigenvalue weighted by Gasteiger charge is -2.07. The molecule has 0 fully saturated rings. The van der Waals surface area contributed by atoms with Gasteiger partial charge in [-0.25, -0.2) is 9.18 Å². The quantitative estimate of drug-likeness (QED) is 0.780. The standard InChI is InChI=1S/C18H17FN2O3/c1-12-8-9-14(13(19)11-12)20-17(22)7-4-10-21-15-5-2-3-6-16(15)24-18(21)23/h2-3,5-6,8-9,11H,4,7,10H2,1H3,(H,20,22). The minimum absolute atomic E-state index is 0.163. The van der Waals surface area contributed by atoms with Crippen LogP contribution >= 0.6 is 0 Å². The Morgan fingerprint density at radius 3 is 2.83 bits per heavy atom. The predicted octanol–water partition coefficient (Wildman–Crippen LogP) is 3.46. The van der Waals surface area contributed by atoms with Crippen molar-refractivity contribution in [3.05, 3.63) is 64.4 Å². The van der Waals surface area contributed by atoms with Crippen molar-refractivity contribution in [2.75, 3.05) is 5.32 Å². The number of halogens is 1. The molecule has 0 saturated carbocycles. The van der Waals surface area contributed by atoms with Gasteiger partial charge in [-0.05, 0) is 43.2 Å². The molecule has 1 amide bonds. The lowest BCUT2D eigenvalue weighted by Crippen LogP contribution is -2.17. The lowest BCUT2D eigenvalue weighted by molar-refractivity contribution is -0.116. The van der Waals surface area contributed by atoms with Crippen LogP contribution in [0, 0.1) is 12.7 Å². The first-order valence-electron chi connectivity index (χ1n) is 7.69. The summed E-state index contributed by atoms with van der Waals surface area (Å²) in [6.45, 7) is 2.14. The van der Waals surface area contributed by atoms with Crippen molar-refractivity contribution in [3.8, 4) is 0 Å². The first kappa shape index (κ1) is 16.0. The highest BCUT2D eigenvalue weighted by molar-refractivity contribution is 5.90. The Morgan fingerprint density at radius 2 is 2.04 bits per heavy atom. The summed E-state index contributed by atoms with van der Waals surface area (Å²) in [5.41, 5.74) is 2.18. The first-order valence-corrected chi connectivity index (χ1v) is 7.69. The van der Waals surface area contributed by atoms with Gasteiger partial charge in [0, 0.05) is 13.0 Å². The van der Waals surface area contributed by atoms with Crippen LogP contribution in [0.4, 0.5) is 10.1 Å². The number of anilines is 1. The zero-order valence-corrected chi connectivity index (χ0v) is 13.2. The number of carbonyl (C=O) groups is 1. The Balaban J connectivity index is 1.60. The van der Waals surface area contributed by atoms with E-state index < -0.39 is 11.6 Å². The maximum absolute atomic E-state index is 13.7. The average Bonchev–Trinajstić information content (AvgIpc) is 2.86. The van der Waals surface area contributed by atoms with Gasteiger partial charge in [0.15, 0.2) is 5.58 Å². The fourth-order valence-electron chi connectivity index (χ4n) is 2.56. The van der Waals surface area contributed by atoms with E-state index in [1.165, 1.54) is 16.7 Å². The largest absolute Gasteiger partial charge is 0.419 e. The summed E-state index contributed by atoms with van der Waals surface area (Å²) in [4.78, 5) is 23.8. The fourth-order valence-corrected chi connectivity index (χ4v) is 2.56. The van der Waals surface area contributed by atoms with E-state index in [4.69, 9.17) is 4.42 Å². The van der Waals surface area contributed by atoms with Gasteiger partial charge < -0.3 is 9.73 Å². The minimum Gasteiger partial charge on any atom is -0.408 e. The van der Waals surface area contributed by atoms with E-state index in [2.05, 4.69) is 5.32 Å². The van der Waals surface area contributed by atoms with E-state index in [0.29, 0.717) is 24.1 Å². The molecule has 5 nitrogen and oxygen atoms in total. The number of nitrogens with zero attached hydrogens (tertiary/aromatic N) is 1. The number of aryl methyl sites for hydroxylation is 2. The van der Waals surface area contributed by atoms with Crippen LogP contribution in [0.1, 0.15) is 18.4 Å². The Kier molecular flexibility index (Phi) is 4.46. The van der Waals surface area contributed by atoms with Gasteiger partial charge in [0.05, 0.1) is 11.2 Å².